The van der Waals surface area contributed by atoms with Crippen molar-refractivity contribution in [3.8, 4) is 17.2 Å². The fourth-order valence-corrected chi connectivity index (χ4v) is 5.58. The SMILES string of the molecule is O=C1CCc2cccc(c2)Oc2cccc3c2OC[C@]2(CN1)CN(C(=O)c1cncc(Cl)c1)C[C@H]32. The van der Waals surface area contributed by atoms with Crippen LogP contribution < -0.4 is 14.8 Å². The van der Waals surface area contributed by atoms with E-state index in [4.69, 9.17) is 21.1 Å². The molecule has 1 fully saturated rings. The summed E-state index contributed by atoms with van der Waals surface area (Å²) in [6, 6.07) is 15.3. The van der Waals surface area contributed by atoms with Crippen molar-refractivity contribution in [1.82, 2.24) is 15.2 Å². The van der Waals surface area contributed by atoms with E-state index in [-0.39, 0.29) is 17.7 Å². The molecule has 6 bridgehead atoms. The van der Waals surface area contributed by atoms with Gasteiger partial charge in [-0.2, -0.15) is 0 Å². The van der Waals surface area contributed by atoms with Crippen LogP contribution in [-0.4, -0.2) is 47.9 Å². The quantitative estimate of drug-likeness (QED) is 0.554. The number of aromatic nitrogens is 1. The van der Waals surface area contributed by atoms with Gasteiger partial charge in [-0.3, -0.25) is 14.6 Å². The molecule has 8 heteroatoms. The summed E-state index contributed by atoms with van der Waals surface area (Å²) >= 11 is 6.09. The lowest BCUT2D eigenvalue weighted by molar-refractivity contribution is -0.121. The third kappa shape index (κ3) is 4.00. The molecule has 1 spiro atoms. The Labute approximate surface area is 208 Å². The van der Waals surface area contributed by atoms with Crippen molar-refractivity contribution >= 4 is 23.4 Å². The van der Waals surface area contributed by atoms with Gasteiger partial charge >= 0.3 is 0 Å². The third-order valence-electron chi connectivity index (χ3n) is 7.18. The minimum atomic E-state index is -0.457. The number of rotatable bonds is 1. The smallest absolute Gasteiger partial charge is 0.255 e. The maximum Gasteiger partial charge on any atom is 0.255 e. The first-order valence-electron chi connectivity index (χ1n) is 11.7. The van der Waals surface area contributed by atoms with Crippen LogP contribution in [-0.2, 0) is 11.2 Å². The van der Waals surface area contributed by atoms with E-state index in [0.29, 0.717) is 66.9 Å². The molecule has 7 rings (SSSR count). The van der Waals surface area contributed by atoms with Crippen molar-refractivity contribution in [2.75, 3.05) is 26.2 Å². The van der Waals surface area contributed by atoms with Gasteiger partial charge in [0.2, 0.25) is 5.91 Å². The molecule has 1 N–H and O–H groups in total. The highest BCUT2D eigenvalue weighted by Crippen LogP contribution is 2.52. The number of hydrogen-bond acceptors (Lipinski definition) is 5. The van der Waals surface area contributed by atoms with E-state index in [2.05, 4.69) is 10.3 Å². The number of aryl methyl sites for hydroxylation is 1. The summed E-state index contributed by atoms with van der Waals surface area (Å²) in [4.78, 5) is 32.1. The molecule has 0 radical (unpaired) electrons. The molecule has 178 valence electrons. The number of ether oxygens (including phenoxy) is 2. The van der Waals surface area contributed by atoms with Gasteiger partial charge in [0.05, 0.1) is 17.2 Å². The second kappa shape index (κ2) is 8.57. The molecule has 0 unspecified atom stereocenters. The highest BCUT2D eigenvalue weighted by atomic mass is 35.5. The van der Waals surface area contributed by atoms with Crippen molar-refractivity contribution in [1.29, 1.82) is 0 Å². The van der Waals surface area contributed by atoms with Gasteiger partial charge in [0, 0.05) is 55.3 Å². The zero-order valence-corrected chi connectivity index (χ0v) is 19.8. The van der Waals surface area contributed by atoms with Crippen LogP contribution in [0, 0.1) is 5.41 Å². The second-order valence-corrected chi connectivity index (χ2v) is 9.92. The molecule has 1 aromatic heterocycles. The lowest BCUT2D eigenvalue weighted by atomic mass is 9.73. The van der Waals surface area contributed by atoms with Gasteiger partial charge in [0.25, 0.3) is 5.91 Å². The maximum absolute atomic E-state index is 13.4. The molecule has 3 aromatic rings. The van der Waals surface area contributed by atoms with Crippen molar-refractivity contribution in [2.45, 2.75) is 18.8 Å². The number of pyridine rings is 1. The Hall–Kier alpha value is -3.58. The molecular formula is C27H24ClN3O4. The summed E-state index contributed by atoms with van der Waals surface area (Å²) in [7, 11) is 0. The Morgan fingerprint density at radius 1 is 1.14 bits per heavy atom. The van der Waals surface area contributed by atoms with Crippen molar-refractivity contribution < 1.29 is 19.1 Å². The van der Waals surface area contributed by atoms with Gasteiger partial charge in [-0.25, -0.2) is 0 Å². The largest absolute Gasteiger partial charge is 0.489 e. The first-order valence-corrected chi connectivity index (χ1v) is 12.1. The highest BCUT2D eigenvalue weighted by molar-refractivity contribution is 6.30. The molecule has 0 aliphatic carbocycles. The number of nitrogens with one attached hydrogen (secondary N) is 1. The molecule has 4 aliphatic rings. The van der Waals surface area contributed by atoms with E-state index in [1.165, 1.54) is 12.4 Å². The number of amides is 2. The first kappa shape index (κ1) is 21.9. The molecular weight excluding hydrogens is 466 g/mol. The number of halogens is 1. The summed E-state index contributed by atoms with van der Waals surface area (Å²) < 4.78 is 12.6. The molecule has 2 atom stereocenters. The third-order valence-corrected chi connectivity index (χ3v) is 7.39. The minimum Gasteiger partial charge on any atom is -0.489 e. The minimum absolute atomic E-state index is 0.0233. The molecule has 0 saturated carbocycles. The fourth-order valence-electron chi connectivity index (χ4n) is 5.41. The van der Waals surface area contributed by atoms with Crippen molar-refractivity contribution in [2.24, 2.45) is 5.41 Å². The molecule has 1 saturated heterocycles. The van der Waals surface area contributed by atoms with Crippen molar-refractivity contribution in [3.05, 3.63) is 82.6 Å². The van der Waals surface area contributed by atoms with E-state index < -0.39 is 5.41 Å². The van der Waals surface area contributed by atoms with Crippen molar-refractivity contribution in [3.63, 3.8) is 0 Å². The van der Waals surface area contributed by atoms with Gasteiger partial charge in [-0.15, -0.1) is 0 Å². The van der Waals surface area contributed by atoms with Crippen LogP contribution >= 0.6 is 11.6 Å². The molecule has 5 heterocycles. The second-order valence-electron chi connectivity index (χ2n) is 9.48. The van der Waals surface area contributed by atoms with Crippen LogP contribution in [0.2, 0.25) is 5.02 Å². The zero-order chi connectivity index (χ0) is 24.0. The number of carbonyl (C=O) groups is 2. The summed E-state index contributed by atoms with van der Waals surface area (Å²) in [5.41, 5.74) is 2.00. The Morgan fingerprint density at radius 3 is 2.91 bits per heavy atom. The van der Waals surface area contributed by atoms with Crippen LogP contribution in [0.15, 0.2) is 60.9 Å². The van der Waals surface area contributed by atoms with Crippen LogP contribution in [0.25, 0.3) is 0 Å². The number of carbonyl (C=O) groups excluding carboxylic acids is 2. The van der Waals surface area contributed by atoms with E-state index >= 15 is 0 Å². The highest BCUT2D eigenvalue weighted by Gasteiger charge is 2.53. The Kier molecular flexibility index (Phi) is 5.37. The Morgan fingerprint density at radius 2 is 2.03 bits per heavy atom. The standard InChI is InChI=1S/C27H24ClN3O4/c28-19-10-18(11-29-12-19)26(33)31-13-22-21-5-2-6-23-25(21)34-16-27(22,15-31)14-30-24(32)8-7-17-3-1-4-20(9-17)35-23/h1-6,9-12,22H,7-8,13-16H2,(H,30,32)/t22-,27+/m1/s1. The number of likely N-dealkylation sites (tertiary alicyclic amines) is 1. The average Bonchev–Trinajstić information content (AvgIpc) is 3.26. The lowest BCUT2D eigenvalue weighted by Gasteiger charge is -2.39. The fraction of sp³-hybridized carbons (Fsp3) is 0.296. The van der Waals surface area contributed by atoms with Crippen LogP contribution in [0.4, 0.5) is 0 Å². The molecule has 4 aliphatic heterocycles. The van der Waals surface area contributed by atoms with Crippen LogP contribution in [0.5, 0.6) is 17.2 Å². The average molecular weight is 490 g/mol. The summed E-state index contributed by atoms with van der Waals surface area (Å²) in [6.45, 7) is 1.73. The Balaban J connectivity index is 1.40. The summed E-state index contributed by atoms with van der Waals surface area (Å²) in [5, 5.41) is 3.55. The molecule has 2 amide bonds. The van der Waals surface area contributed by atoms with Gasteiger partial charge in [0.15, 0.2) is 11.5 Å². The Bertz CT molecular complexity index is 1330. The zero-order valence-electron chi connectivity index (χ0n) is 19.0. The van der Waals surface area contributed by atoms with Crippen LogP contribution in [0.3, 0.4) is 0 Å². The number of hydrogen-bond donors (Lipinski definition) is 1. The number of benzene rings is 2. The monoisotopic (exact) mass is 489 g/mol. The van der Waals surface area contributed by atoms with Gasteiger partial charge in [-0.1, -0.05) is 35.9 Å². The maximum atomic E-state index is 13.4. The van der Waals surface area contributed by atoms with Crippen LogP contribution in [0.1, 0.15) is 33.8 Å². The predicted molar refractivity (Wildman–Crippen MR) is 130 cm³/mol. The summed E-state index contributed by atoms with van der Waals surface area (Å²) in [6.07, 6.45) is 4.03. The van der Waals surface area contributed by atoms with E-state index in [1.807, 2.05) is 47.4 Å². The topological polar surface area (TPSA) is 80.8 Å². The normalized spacial score (nSPS) is 22.9. The number of nitrogens with zero attached hydrogens (tertiary/aromatic N) is 2. The molecule has 35 heavy (non-hydrogen) atoms. The van der Waals surface area contributed by atoms with Gasteiger partial charge in [-0.05, 0) is 36.2 Å². The molecule has 7 nitrogen and oxygen atoms in total. The number of para-hydroxylation sites is 1. The summed E-state index contributed by atoms with van der Waals surface area (Å²) in [5.74, 6) is 1.86. The van der Waals surface area contributed by atoms with E-state index in [0.717, 1.165) is 11.1 Å². The molecule has 2 aromatic carbocycles. The lowest BCUT2D eigenvalue weighted by Crippen LogP contribution is -2.48. The van der Waals surface area contributed by atoms with Gasteiger partial charge < -0.3 is 19.7 Å². The predicted octanol–water partition coefficient (Wildman–Crippen LogP) is 4.21. The van der Waals surface area contributed by atoms with Gasteiger partial charge in [0.1, 0.15) is 5.75 Å². The first-order chi connectivity index (χ1) is 17.0. The number of fused-ring (bicyclic) bond motifs is 5. The van der Waals surface area contributed by atoms with E-state index in [1.54, 1.807) is 6.07 Å². The van der Waals surface area contributed by atoms with E-state index in [9.17, 15) is 9.59 Å².